The van der Waals surface area contributed by atoms with Crippen LogP contribution >= 0.6 is 0 Å². The van der Waals surface area contributed by atoms with Gasteiger partial charge in [-0.1, -0.05) is 53.2 Å². The van der Waals surface area contributed by atoms with Crippen LogP contribution in [0.15, 0.2) is 29.3 Å². The van der Waals surface area contributed by atoms with Gasteiger partial charge >= 0.3 is 0 Å². The third kappa shape index (κ3) is 28.4. The minimum atomic E-state index is -1.27. The number of carbonyl (C=O) groups excluding carboxylic acids is 10. The Labute approximate surface area is 447 Å². The Morgan fingerprint density at radius 1 is 0.500 bits per heavy atom. The average Bonchev–Trinajstić information content (AvgIpc) is 3.33. The van der Waals surface area contributed by atoms with Crippen molar-refractivity contribution >= 4 is 64.7 Å². The predicted octanol–water partition coefficient (Wildman–Crippen LogP) is 0.656. The fourth-order valence-corrected chi connectivity index (χ4v) is 8.65. The molecule has 1 aromatic rings. The number of phenols is 1. The number of carbonyl (C=O) groups is 10. The van der Waals surface area contributed by atoms with Crippen molar-refractivity contribution in [3.63, 3.8) is 0 Å². The van der Waals surface area contributed by atoms with Gasteiger partial charge < -0.3 is 66.5 Å². The number of rotatable bonds is 42. The van der Waals surface area contributed by atoms with Crippen LogP contribution in [-0.4, -0.2) is 114 Å². The molecule has 0 aliphatic heterocycles. The molecule has 0 heterocycles. The molecule has 0 unspecified atom stereocenters. The maximum atomic E-state index is 14.6. The molecular weight excluding hydrogens is 981 g/mol. The van der Waals surface area contributed by atoms with Crippen molar-refractivity contribution in [3.05, 3.63) is 29.8 Å². The first kappa shape index (κ1) is 67.5. The molecule has 1 aromatic carbocycles. The molecule has 0 radical (unpaired) electrons. The quantitative estimate of drug-likeness (QED) is 0.0243. The van der Waals surface area contributed by atoms with E-state index in [0.29, 0.717) is 50.8 Å². The van der Waals surface area contributed by atoms with Crippen molar-refractivity contribution in [2.75, 3.05) is 19.6 Å². The number of nitrogens with two attached hydrogens (primary N) is 7. The molecule has 0 aromatic heterocycles. The van der Waals surface area contributed by atoms with Gasteiger partial charge in [0.25, 0.3) is 0 Å². The van der Waals surface area contributed by atoms with Crippen LogP contribution in [0.25, 0.3) is 0 Å². The predicted molar refractivity (Wildman–Crippen MR) is 289 cm³/mol. The lowest BCUT2D eigenvalue weighted by Gasteiger charge is -2.27. The zero-order chi connectivity index (χ0) is 57.5. The Hall–Kier alpha value is -6.49. The van der Waals surface area contributed by atoms with E-state index in [0.717, 1.165) is 0 Å². The topological polar surface area (TPSA) is 434 Å². The number of amides is 7. The number of guanidine groups is 1. The molecule has 0 aliphatic rings. The van der Waals surface area contributed by atoms with Crippen LogP contribution in [-0.2, 0) is 54.4 Å². The van der Waals surface area contributed by atoms with Gasteiger partial charge in [-0.25, -0.2) is 0 Å². The van der Waals surface area contributed by atoms with Crippen LogP contribution in [0, 0.1) is 35.5 Å². The zero-order valence-corrected chi connectivity index (χ0v) is 45.5. The van der Waals surface area contributed by atoms with E-state index in [1.54, 1.807) is 19.1 Å². The number of aliphatic imine (C=N–C) groups is 1. The van der Waals surface area contributed by atoms with Crippen molar-refractivity contribution in [1.29, 1.82) is 0 Å². The van der Waals surface area contributed by atoms with Crippen LogP contribution < -0.4 is 61.4 Å². The number of nitrogens with one attached hydrogen (secondary N) is 4. The molecule has 0 bridgehead atoms. The maximum absolute atomic E-state index is 14.6. The van der Waals surface area contributed by atoms with E-state index in [4.69, 9.17) is 40.1 Å². The Morgan fingerprint density at radius 2 is 0.947 bits per heavy atom. The summed E-state index contributed by atoms with van der Waals surface area (Å²) in [5, 5.41) is 21.1. The summed E-state index contributed by atoms with van der Waals surface area (Å²) in [7, 11) is 0. The number of primary amides is 3. The third-order valence-electron chi connectivity index (χ3n) is 13.0. The van der Waals surface area contributed by atoms with E-state index in [2.05, 4.69) is 26.3 Å². The second-order valence-corrected chi connectivity index (χ2v) is 20.8. The summed E-state index contributed by atoms with van der Waals surface area (Å²) in [6.07, 6.45) is 1.59. The van der Waals surface area contributed by atoms with Gasteiger partial charge in [0, 0.05) is 62.3 Å². The molecule has 7 amide bonds. The number of hydrogen-bond acceptors (Lipinski definition) is 14. The second-order valence-electron chi connectivity index (χ2n) is 20.8. The van der Waals surface area contributed by atoms with E-state index < -0.39 is 113 Å². The molecule has 1 rings (SSSR count). The van der Waals surface area contributed by atoms with Gasteiger partial charge in [-0.05, 0) is 120 Å². The van der Waals surface area contributed by atoms with E-state index in [-0.39, 0.29) is 107 Å². The van der Waals surface area contributed by atoms with Crippen molar-refractivity contribution in [1.82, 2.24) is 21.3 Å². The molecule has 428 valence electrons. The summed E-state index contributed by atoms with van der Waals surface area (Å²) in [6, 6.07) is 1.37. The Kier molecular flexibility index (Phi) is 32.4. The van der Waals surface area contributed by atoms with Gasteiger partial charge in [-0.15, -0.1) is 0 Å². The van der Waals surface area contributed by atoms with E-state index in [9.17, 15) is 53.1 Å². The molecule has 76 heavy (non-hydrogen) atoms. The van der Waals surface area contributed by atoms with Gasteiger partial charge in [0.1, 0.15) is 11.8 Å². The number of phenolic OH excluding ortho intramolecular Hbond substituents is 1. The van der Waals surface area contributed by atoms with Crippen molar-refractivity contribution in [2.45, 2.75) is 174 Å². The van der Waals surface area contributed by atoms with E-state index in [1.165, 1.54) is 12.1 Å². The third-order valence-corrected chi connectivity index (χ3v) is 13.0. The summed E-state index contributed by atoms with van der Waals surface area (Å²) in [5.41, 5.74) is 39.4. The second kappa shape index (κ2) is 36.5. The molecule has 0 spiro atoms. The molecule has 0 aliphatic carbocycles. The SMILES string of the molecule is CC(C)C[C@H](CC(=O)[C@H](CC(C)C)NC(=O)[C@H](CCCCN)CC(=O)[C@H](CCCN=C(N)N)NC(=O)[C@@H](CC(=O)[C@H](CCC(N)=O)NC(=O)[C@@H](C)CCC(N)=O)Cc1ccc(O)cc1)C(=O)N[C@@H](CCCCN)C(N)=O. The molecular formula is C53H90N12O11. The first-order chi connectivity index (χ1) is 35.8. The van der Waals surface area contributed by atoms with Crippen LogP contribution in [0.1, 0.15) is 149 Å². The highest BCUT2D eigenvalue weighted by Crippen LogP contribution is 2.24. The molecule has 8 atom stereocenters. The number of aromatic hydroxyl groups is 1. The molecule has 0 saturated carbocycles. The van der Waals surface area contributed by atoms with Crippen LogP contribution in [0.5, 0.6) is 5.75 Å². The number of hydrogen-bond donors (Lipinski definition) is 12. The van der Waals surface area contributed by atoms with Gasteiger partial charge in [0.2, 0.25) is 41.4 Å². The lowest BCUT2D eigenvalue weighted by Crippen LogP contribution is -2.49. The molecule has 0 saturated heterocycles. The smallest absolute Gasteiger partial charge is 0.239 e. The van der Waals surface area contributed by atoms with Crippen molar-refractivity contribution < 1.29 is 53.1 Å². The maximum Gasteiger partial charge on any atom is 0.239 e. The lowest BCUT2D eigenvalue weighted by molar-refractivity contribution is -0.136. The Balaban J connectivity index is 3.67. The monoisotopic (exact) mass is 1070 g/mol. The van der Waals surface area contributed by atoms with Crippen molar-refractivity contribution in [2.24, 2.45) is 80.6 Å². The van der Waals surface area contributed by atoms with Crippen LogP contribution in [0.2, 0.25) is 0 Å². The zero-order valence-electron chi connectivity index (χ0n) is 45.5. The standard InChI is InChI=1S/C53H90N12O11/c1-31(2)25-36(51(75)64-41(48(58)72)12-7-9-23-55)29-45(69)42(26-32(3)4)65-50(74)35(11-6-8-22-54)28-43(67)39(13-10-24-61-53(59)60)63-52(76)37(27-34-15-17-38(66)18-16-34)30-44(68)40(19-21-47(57)71)62-49(73)33(5)14-20-46(56)70/h15-18,31-33,35-37,39-42,66H,6-14,19-30,54-55H2,1-5H3,(H2,56,70)(H2,57,71)(H2,58,72)(H,62,73)(H,63,76)(H,64,75)(H,65,74)(H4,59,60,61)/t33-,35+,36+,37+,39-,40-,41-,42-/m0/s1. The molecule has 19 N–H and O–H groups in total. The van der Waals surface area contributed by atoms with Gasteiger partial charge in [-0.2, -0.15) is 0 Å². The fraction of sp³-hybridized carbons (Fsp3) is 0.679. The van der Waals surface area contributed by atoms with Crippen molar-refractivity contribution in [3.8, 4) is 5.75 Å². The van der Waals surface area contributed by atoms with E-state index in [1.807, 2.05) is 27.7 Å². The number of ketones is 3. The summed E-state index contributed by atoms with van der Waals surface area (Å²) in [5.74, 6) is -10.3. The summed E-state index contributed by atoms with van der Waals surface area (Å²) in [6.45, 7) is 9.84. The fourth-order valence-electron chi connectivity index (χ4n) is 8.65. The number of nitrogens with zero attached hydrogens (tertiary/aromatic N) is 1. The number of benzene rings is 1. The minimum Gasteiger partial charge on any atom is -0.508 e. The van der Waals surface area contributed by atoms with Crippen LogP contribution in [0.3, 0.4) is 0 Å². The summed E-state index contributed by atoms with van der Waals surface area (Å²) >= 11 is 0. The molecule has 0 fully saturated rings. The highest BCUT2D eigenvalue weighted by atomic mass is 16.3. The Morgan fingerprint density at radius 3 is 1.49 bits per heavy atom. The number of unbranched alkanes of at least 4 members (excludes halogenated alkanes) is 2. The molecule has 23 heteroatoms. The Bertz CT molecular complexity index is 2080. The average molecular weight is 1070 g/mol. The van der Waals surface area contributed by atoms with Crippen LogP contribution in [0.4, 0.5) is 0 Å². The molecule has 23 nitrogen and oxygen atoms in total. The van der Waals surface area contributed by atoms with Gasteiger partial charge in [0.15, 0.2) is 23.3 Å². The largest absolute Gasteiger partial charge is 0.508 e. The highest BCUT2D eigenvalue weighted by Gasteiger charge is 2.35. The normalized spacial score (nSPS) is 14.4. The summed E-state index contributed by atoms with van der Waals surface area (Å²) < 4.78 is 0. The lowest BCUT2D eigenvalue weighted by atomic mass is 9.86. The van der Waals surface area contributed by atoms with Gasteiger partial charge in [0.05, 0.1) is 18.1 Å². The summed E-state index contributed by atoms with van der Waals surface area (Å²) in [4.78, 5) is 138. The first-order valence-corrected chi connectivity index (χ1v) is 26.7. The minimum absolute atomic E-state index is 0.00372. The number of Topliss-reactive ketones (excluding diaryl/α,β-unsaturated/α-hetero) is 3. The highest BCUT2D eigenvalue weighted by molar-refractivity contribution is 5.97. The van der Waals surface area contributed by atoms with E-state index >= 15 is 0 Å². The van der Waals surface area contributed by atoms with Gasteiger partial charge in [-0.3, -0.25) is 52.9 Å². The first-order valence-electron chi connectivity index (χ1n) is 26.7.